The van der Waals surface area contributed by atoms with Gasteiger partial charge in [0.25, 0.3) is 0 Å². The first kappa shape index (κ1) is 15.9. The molecule has 0 aromatic carbocycles. The van der Waals surface area contributed by atoms with Crippen LogP contribution in [0.1, 0.15) is 46.0 Å². The van der Waals surface area contributed by atoms with E-state index in [0.717, 1.165) is 32.2 Å². The molecule has 3 heteroatoms. The first-order valence-electron chi connectivity index (χ1n) is 7.70. The zero-order valence-corrected chi connectivity index (χ0v) is 12.5. The van der Waals surface area contributed by atoms with Crippen molar-refractivity contribution < 1.29 is 4.74 Å². The van der Waals surface area contributed by atoms with Crippen LogP contribution >= 0.6 is 0 Å². The van der Waals surface area contributed by atoms with E-state index in [9.17, 15) is 0 Å². The topological polar surface area (TPSA) is 38.5 Å². The molecule has 0 aromatic heterocycles. The molecule has 1 rings (SSSR count). The first-order valence-corrected chi connectivity index (χ1v) is 7.70. The van der Waals surface area contributed by atoms with Crippen molar-refractivity contribution in [3.63, 3.8) is 0 Å². The van der Waals surface area contributed by atoms with E-state index in [0.29, 0.717) is 12.0 Å². The van der Waals surface area contributed by atoms with Crippen molar-refractivity contribution in [1.29, 1.82) is 0 Å². The lowest BCUT2D eigenvalue weighted by atomic mass is 9.76. The minimum absolute atomic E-state index is 0.667. The molecule has 2 N–H and O–H groups in total. The third-order valence-corrected chi connectivity index (χ3v) is 4.42. The van der Waals surface area contributed by atoms with Crippen LogP contribution in [0.15, 0.2) is 0 Å². The predicted molar refractivity (Wildman–Crippen MR) is 77.7 cm³/mol. The summed E-state index contributed by atoms with van der Waals surface area (Å²) in [5.41, 5.74) is 5.95. The van der Waals surface area contributed by atoms with Gasteiger partial charge in [0.05, 0.1) is 6.61 Å². The standard InChI is InChI=1S/C15H32N2O/c1-4-6-13-7-8-14(12-16)15(11-13)17(3)9-10-18-5-2/h13-15H,4-12,16H2,1-3H3. The van der Waals surface area contributed by atoms with E-state index in [-0.39, 0.29) is 0 Å². The maximum absolute atomic E-state index is 5.95. The maximum atomic E-state index is 5.95. The normalized spacial score (nSPS) is 28.8. The summed E-state index contributed by atoms with van der Waals surface area (Å²) in [6, 6.07) is 0.667. The van der Waals surface area contributed by atoms with Crippen LogP contribution < -0.4 is 5.73 Å². The maximum Gasteiger partial charge on any atom is 0.0593 e. The molecule has 3 nitrogen and oxygen atoms in total. The number of hydrogen-bond acceptors (Lipinski definition) is 3. The summed E-state index contributed by atoms with van der Waals surface area (Å²) in [6.07, 6.45) is 6.72. The van der Waals surface area contributed by atoms with E-state index in [4.69, 9.17) is 10.5 Å². The molecule has 0 saturated heterocycles. The average Bonchev–Trinajstić information content (AvgIpc) is 2.39. The third kappa shape index (κ3) is 4.87. The van der Waals surface area contributed by atoms with E-state index in [1.165, 1.54) is 32.1 Å². The Bertz CT molecular complexity index is 211. The fraction of sp³-hybridized carbons (Fsp3) is 1.00. The lowest BCUT2D eigenvalue weighted by Gasteiger charge is -2.41. The Balaban J connectivity index is 2.45. The molecular weight excluding hydrogens is 224 g/mol. The van der Waals surface area contributed by atoms with Crippen molar-refractivity contribution >= 4 is 0 Å². The molecule has 18 heavy (non-hydrogen) atoms. The fourth-order valence-electron chi connectivity index (χ4n) is 3.30. The van der Waals surface area contributed by atoms with Gasteiger partial charge in [-0.3, -0.25) is 0 Å². The number of ether oxygens (including phenoxy) is 1. The molecule has 0 spiro atoms. The first-order chi connectivity index (χ1) is 8.72. The Morgan fingerprint density at radius 2 is 2.06 bits per heavy atom. The van der Waals surface area contributed by atoms with E-state index in [1.807, 2.05) is 0 Å². The second-order valence-corrected chi connectivity index (χ2v) is 5.71. The summed E-state index contributed by atoms with van der Waals surface area (Å²) < 4.78 is 5.47. The summed E-state index contributed by atoms with van der Waals surface area (Å²) in [7, 11) is 2.24. The van der Waals surface area contributed by atoms with Crippen LogP contribution in [0.2, 0.25) is 0 Å². The average molecular weight is 256 g/mol. The molecule has 0 aromatic rings. The number of hydrogen-bond donors (Lipinski definition) is 1. The molecule has 3 atom stereocenters. The summed E-state index contributed by atoms with van der Waals surface area (Å²) in [5, 5.41) is 0. The van der Waals surface area contributed by atoms with Gasteiger partial charge in [-0.2, -0.15) is 0 Å². The van der Waals surface area contributed by atoms with Crippen LogP contribution in [0.25, 0.3) is 0 Å². The minimum atomic E-state index is 0.667. The molecule has 0 aliphatic heterocycles. The van der Waals surface area contributed by atoms with Crippen molar-refractivity contribution in [3.05, 3.63) is 0 Å². The van der Waals surface area contributed by atoms with Gasteiger partial charge < -0.3 is 15.4 Å². The van der Waals surface area contributed by atoms with Gasteiger partial charge in [-0.15, -0.1) is 0 Å². The molecule has 0 heterocycles. The highest BCUT2D eigenvalue weighted by molar-refractivity contribution is 4.86. The highest BCUT2D eigenvalue weighted by Crippen LogP contribution is 2.33. The largest absolute Gasteiger partial charge is 0.380 e. The van der Waals surface area contributed by atoms with E-state index >= 15 is 0 Å². The van der Waals surface area contributed by atoms with Gasteiger partial charge in [-0.25, -0.2) is 0 Å². The Morgan fingerprint density at radius 3 is 2.67 bits per heavy atom. The molecule has 108 valence electrons. The molecular formula is C15H32N2O. The van der Waals surface area contributed by atoms with E-state index < -0.39 is 0 Å². The molecule has 1 aliphatic rings. The summed E-state index contributed by atoms with van der Waals surface area (Å²) in [4.78, 5) is 2.48. The number of likely N-dealkylation sites (N-methyl/N-ethyl adjacent to an activating group) is 1. The quantitative estimate of drug-likeness (QED) is 0.678. The van der Waals surface area contributed by atoms with Gasteiger partial charge in [-0.1, -0.05) is 26.2 Å². The Hall–Kier alpha value is -0.120. The monoisotopic (exact) mass is 256 g/mol. The van der Waals surface area contributed by atoms with Gasteiger partial charge in [-0.05, 0) is 45.2 Å². The van der Waals surface area contributed by atoms with Crippen LogP contribution in [0.4, 0.5) is 0 Å². The lowest BCUT2D eigenvalue weighted by molar-refractivity contribution is 0.0625. The van der Waals surface area contributed by atoms with Crippen molar-refractivity contribution in [2.75, 3.05) is 33.4 Å². The molecule has 0 amide bonds. The summed E-state index contributed by atoms with van der Waals surface area (Å²) >= 11 is 0. The van der Waals surface area contributed by atoms with Crippen LogP contribution in [0.5, 0.6) is 0 Å². The van der Waals surface area contributed by atoms with Gasteiger partial charge >= 0.3 is 0 Å². The second kappa shape index (κ2) is 8.89. The Labute approximate surface area is 113 Å². The molecule has 0 bridgehead atoms. The van der Waals surface area contributed by atoms with Crippen LogP contribution in [0.3, 0.4) is 0 Å². The minimum Gasteiger partial charge on any atom is -0.380 e. The van der Waals surface area contributed by atoms with Crippen molar-refractivity contribution in [1.82, 2.24) is 4.90 Å². The van der Waals surface area contributed by atoms with Gasteiger partial charge in [0, 0.05) is 19.2 Å². The molecule has 1 fully saturated rings. The van der Waals surface area contributed by atoms with Crippen molar-refractivity contribution in [3.8, 4) is 0 Å². The smallest absolute Gasteiger partial charge is 0.0593 e. The van der Waals surface area contributed by atoms with Crippen LogP contribution in [0, 0.1) is 11.8 Å². The molecule has 3 unspecified atom stereocenters. The van der Waals surface area contributed by atoms with Crippen LogP contribution in [-0.4, -0.2) is 44.3 Å². The zero-order valence-electron chi connectivity index (χ0n) is 12.5. The fourth-order valence-corrected chi connectivity index (χ4v) is 3.30. The summed E-state index contributed by atoms with van der Waals surface area (Å²) in [6.45, 7) is 7.89. The molecule has 0 radical (unpaired) electrons. The van der Waals surface area contributed by atoms with Gasteiger partial charge in [0.1, 0.15) is 0 Å². The highest BCUT2D eigenvalue weighted by atomic mass is 16.5. The zero-order chi connectivity index (χ0) is 13.4. The van der Waals surface area contributed by atoms with Crippen LogP contribution in [-0.2, 0) is 4.74 Å². The number of nitrogens with two attached hydrogens (primary N) is 1. The Morgan fingerprint density at radius 1 is 1.28 bits per heavy atom. The SMILES string of the molecule is CCCC1CCC(CN)C(N(C)CCOCC)C1. The lowest BCUT2D eigenvalue weighted by Crippen LogP contribution is -2.46. The summed E-state index contributed by atoms with van der Waals surface area (Å²) in [5.74, 6) is 1.60. The second-order valence-electron chi connectivity index (χ2n) is 5.71. The van der Waals surface area contributed by atoms with E-state index in [1.54, 1.807) is 0 Å². The molecule has 1 saturated carbocycles. The molecule has 1 aliphatic carbocycles. The Kier molecular flexibility index (Phi) is 7.87. The highest BCUT2D eigenvalue weighted by Gasteiger charge is 2.31. The van der Waals surface area contributed by atoms with E-state index in [2.05, 4.69) is 25.8 Å². The van der Waals surface area contributed by atoms with Crippen molar-refractivity contribution in [2.45, 2.75) is 52.0 Å². The van der Waals surface area contributed by atoms with Gasteiger partial charge in [0.15, 0.2) is 0 Å². The van der Waals surface area contributed by atoms with Crippen molar-refractivity contribution in [2.24, 2.45) is 17.6 Å². The predicted octanol–water partition coefficient (Wildman–Crippen LogP) is 2.50. The number of nitrogens with zero attached hydrogens (tertiary/aromatic N) is 1. The number of rotatable bonds is 8. The van der Waals surface area contributed by atoms with Gasteiger partial charge in [0.2, 0.25) is 0 Å². The third-order valence-electron chi connectivity index (χ3n) is 4.42.